The molecule has 1 fully saturated rings. The van der Waals surface area contributed by atoms with Gasteiger partial charge in [0.25, 0.3) is 0 Å². The molecule has 1 spiro atoms. The zero-order valence-electron chi connectivity index (χ0n) is 18.5. The molecule has 1 saturated heterocycles. The molecule has 3 heterocycles. The first-order valence-corrected chi connectivity index (χ1v) is 11.3. The fourth-order valence-electron chi connectivity index (χ4n) is 5.20. The van der Waals surface area contributed by atoms with Crippen LogP contribution in [0, 0.1) is 6.92 Å². The molecule has 170 valence electrons. The molecular formula is C25H26N4O4. The average Bonchev–Trinajstić information content (AvgIpc) is 3.18. The van der Waals surface area contributed by atoms with Crippen molar-refractivity contribution in [2.24, 2.45) is 0 Å². The normalized spacial score (nSPS) is 18.2. The predicted octanol–water partition coefficient (Wildman–Crippen LogP) is 3.11. The van der Waals surface area contributed by atoms with Crippen molar-refractivity contribution < 1.29 is 19.2 Å². The first-order valence-electron chi connectivity index (χ1n) is 11.3. The maximum absolute atomic E-state index is 12.8. The summed E-state index contributed by atoms with van der Waals surface area (Å²) < 4.78 is 0. The Hall–Kier alpha value is -3.68. The number of hydrogen-bond acceptors (Lipinski definition) is 4. The van der Waals surface area contributed by atoms with Crippen LogP contribution in [0.25, 0.3) is 0 Å². The number of anilines is 2. The number of carbonyl (C=O) groups excluding carboxylic acids is 4. The number of urea groups is 1. The van der Waals surface area contributed by atoms with Crippen molar-refractivity contribution in [3.8, 4) is 0 Å². The Kier molecular flexibility index (Phi) is 5.15. The highest BCUT2D eigenvalue weighted by atomic mass is 16.2. The predicted molar refractivity (Wildman–Crippen MR) is 123 cm³/mol. The van der Waals surface area contributed by atoms with Gasteiger partial charge in [-0.2, -0.15) is 0 Å². The molecule has 4 amide bonds. The standard InChI is InChI=1S/C25H26N4O4/c1-15-12-16(13-17-14-21(31)27-23(15)17)20(30)6-7-22(32)29-10-8-25(9-11-29)18-4-2-3-5-19(18)26-24(33)28-25/h2-5,12-13H,6-11,14H2,1H3,(H,27,31)(H2,26,28,33). The lowest BCUT2D eigenvalue weighted by Gasteiger charge is -2.45. The molecule has 0 unspecified atom stereocenters. The highest BCUT2D eigenvalue weighted by Crippen LogP contribution is 2.39. The van der Waals surface area contributed by atoms with Gasteiger partial charge in [-0.25, -0.2) is 4.79 Å². The van der Waals surface area contributed by atoms with Crippen LogP contribution in [0.5, 0.6) is 0 Å². The lowest BCUT2D eigenvalue weighted by molar-refractivity contribution is -0.132. The molecule has 3 aliphatic heterocycles. The molecule has 2 aromatic carbocycles. The van der Waals surface area contributed by atoms with E-state index in [1.807, 2.05) is 31.2 Å². The Morgan fingerprint density at radius 2 is 1.79 bits per heavy atom. The largest absolute Gasteiger partial charge is 0.342 e. The van der Waals surface area contributed by atoms with Crippen molar-refractivity contribution in [1.82, 2.24) is 10.2 Å². The quantitative estimate of drug-likeness (QED) is 0.627. The van der Waals surface area contributed by atoms with E-state index in [-0.39, 0.29) is 42.9 Å². The number of Topliss-reactive ketones (excluding diaryl/α,β-unsaturated/α-hetero) is 1. The zero-order chi connectivity index (χ0) is 23.2. The van der Waals surface area contributed by atoms with Crippen molar-refractivity contribution in [2.45, 2.75) is 44.6 Å². The Morgan fingerprint density at radius 3 is 2.58 bits per heavy atom. The van der Waals surface area contributed by atoms with Crippen molar-refractivity contribution in [3.05, 3.63) is 58.7 Å². The maximum Gasteiger partial charge on any atom is 0.319 e. The van der Waals surface area contributed by atoms with E-state index in [0.29, 0.717) is 31.5 Å². The van der Waals surface area contributed by atoms with Gasteiger partial charge in [-0.05, 0) is 49.1 Å². The van der Waals surface area contributed by atoms with Crippen LogP contribution in [0.2, 0.25) is 0 Å². The smallest absolute Gasteiger partial charge is 0.319 e. The molecule has 0 saturated carbocycles. The number of rotatable bonds is 4. The number of amides is 4. The summed E-state index contributed by atoms with van der Waals surface area (Å²) in [4.78, 5) is 51.2. The number of piperidine rings is 1. The SMILES string of the molecule is Cc1cc(C(=O)CCC(=O)N2CCC3(CC2)NC(=O)Nc2ccccc23)cc2c1NC(=O)C2. The van der Waals surface area contributed by atoms with Crippen LogP contribution in [0.1, 0.15) is 52.7 Å². The number of nitrogens with zero attached hydrogens (tertiary/aromatic N) is 1. The van der Waals surface area contributed by atoms with Gasteiger partial charge in [-0.1, -0.05) is 18.2 Å². The van der Waals surface area contributed by atoms with E-state index in [4.69, 9.17) is 0 Å². The highest BCUT2D eigenvalue weighted by molar-refractivity contribution is 6.03. The number of benzene rings is 2. The van der Waals surface area contributed by atoms with Crippen LogP contribution in [-0.2, 0) is 21.5 Å². The molecule has 2 aromatic rings. The van der Waals surface area contributed by atoms with Gasteiger partial charge in [0.2, 0.25) is 11.8 Å². The number of fused-ring (bicyclic) bond motifs is 3. The highest BCUT2D eigenvalue weighted by Gasteiger charge is 2.42. The molecule has 0 aliphatic carbocycles. The Morgan fingerprint density at radius 1 is 1.03 bits per heavy atom. The summed E-state index contributed by atoms with van der Waals surface area (Å²) in [6.07, 6.45) is 1.80. The van der Waals surface area contributed by atoms with Gasteiger partial charge in [0.15, 0.2) is 5.78 Å². The fraction of sp³-hybridized carbons (Fsp3) is 0.360. The lowest BCUT2D eigenvalue weighted by Crippen LogP contribution is -2.57. The minimum absolute atomic E-state index is 0.0542. The van der Waals surface area contributed by atoms with E-state index in [9.17, 15) is 19.2 Å². The molecule has 0 radical (unpaired) electrons. The molecular weight excluding hydrogens is 420 g/mol. The van der Waals surface area contributed by atoms with Crippen molar-refractivity contribution in [2.75, 3.05) is 23.7 Å². The molecule has 5 rings (SSSR count). The van der Waals surface area contributed by atoms with Gasteiger partial charge in [0, 0.05) is 48.4 Å². The molecule has 8 nitrogen and oxygen atoms in total. The maximum atomic E-state index is 12.8. The van der Waals surface area contributed by atoms with Crippen LogP contribution >= 0.6 is 0 Å². The number of carbonyl (C=O) groups is 4. The van der Waals surface area contributed by atoms with E-state index in [0.717, 1.165) is 28.1 Å². The second-order valence-corrected chi connectivity index (χ2v) is 9.06. The Labute approximate surface area is 191 Å². The summed E-state index contributed by atoms with van der Waals surface area (Å²) in [5.41, 5.74) is 4.42. The minimum atomic E-state index is -0.473. The van der Waals surface area contributed by atoms with E-state index in [1.165, 1.54) is 0 Å². The third-order valence-electron chi connectivity index (χ3n) is 6.93. The fourth-order valence-corrected chi connectivity index (χ4v) is 5.20. The topological polar surface area (TPSA) is 108 Å². The third-order valence-corrected chi connectivity index (χ3v) is 6.93. The van der Waals surface area contributed by atoms with Crippen LogP contribution < -0.4 is 16.0 Å². The van der Waals surface area contributed by atoms with Gasteiger partial charge >= 0.3 is 6.03 Å². The first-order chi connectivity index (χ1) is 15.8. The van der Waals surface area contributed by atoms with Gasteiger partial charge < -0.3 is 20.9 Å². The monoisotopic (exact) mass is 446 g/mol. The van der Waals surface area contributed by atoms with E-state index >= 15 is 0 Å². The number of nitrogens with one attached hydrogen (secondary N) is 3. The second-order valence-electron chi connectivity index (χ2n) is 9.06. The second kappa shape index (κ2) is 8.03. The van der Waals surface area contributed by atoms with E-state index in [2.05, 4.69) is 16.0 Å². The average molecular weight is 447 g/mol. The number of para-hydroxylation sites is 1. The lowest BCUT2D eigenvalue weighted by atomic mass is 9.79. The van der Waals surface area contributed by atoms with Gasteiger partial charge in [0.05, 0.1) is 12.0 Å². The van der Waals surface area contributed by atoms with E-state index in [1.54, 1.807) is 17.0 Å². The number of hydrogen-bond donors (Lipinski definition) is 3. The Balaban J connectivity index is 1.20. The summed E-state index contributed by atoms with van der Waals surface area (Å²) >= 11 is 0. The van der Waals surface area contributed by atoms with Gasteiger partial charge in [0.1, 0.15) is 0 Å². The molecule has 3 N–H and O–H groups in total. The summed E-state index contributed by atoms with van der Waals surface area (Å²) in [5, 5.41) is 8.74. The number of ketones is 1. The minimum Gasteiger partial charge on any atom is -0.342 e. The number of aryl methyl sites for hydroxylation is 1. The van der Waals surface area contributed by atoms with Crippen molar-refractivity contribution >= 4 is 35.0 Å². The van der Waals surface area contributed by atoms with Crippen molar-refractivity contribution in [3.63, 3.8) is 0 Å². The van der Waals surface area contributed by atoms with Crippen LogP contribution in [0.4, 0.5) is 16.2 Å². The van der Waals surface area contributed by atoms with Gasteiger partial charge in [-0.15, -0.1) is 0 Å². The molecule has 33 heavy (non-hydrogen) atoms. The summed E-state index contributed by atoms with van der Waals surface area (Å²) in [7, 11) is 0. The van der Waals surface area contributed by atoms with Crippen molar-refractivity contribution in [1.29, 1.82) is 0 Å². The summed E-state index contributed by atoms with van der Waals surface area (Å²) in [6, 6.07) is 11.1. The van der Waals surface area contributed by atoms with Crippen LogP contribution in [0.15, 0.2) is 36.4 Å². The Bertz CT molecular complexity index is 1180. The number of likely N-dealkylation sites (tertiary alicyclic amines) is 1. The third kappa shape index (κ3) is 3.86. The summed E-state index contributed by atoms with van der Waals surface area (Å²) in [5.74, 6) is -0.216. The first kappa shape index (κ1) is 21.2. The molecule has 8 heteroatoms. The molecule has 3 aliphatic rings. The molecule has 0 aromatic heterocycles. The van der Waals surface area contributed by atoms with Gasteiger partial charge in [-0.3, -0.25) is 14.4 Å². The van der Waals surface area contributed by atoms with Crippen LogP contribution in [0.3, 0.4) is 0 Å². The van der Waals surface area contributed by atoms with Crippen LogP contribution in [-0.4, -0.2) is 41.6 Å². The van der Waals surface area contributed by atoms with E-state index < -0.39 is 5.54 Å². The summed E-state index contributed by atoms with van der Waals surface area (Å²) in [6.45, 7) is 2.91. The zero-order valence-corrected chi connectivity index (χ0v) is 18.5. The molecule has 0 bridgehead atoms. The molecule has 0 atom stereocenters.